The number of anilines is 1. The standard InChI is InChI=1S/C44H57N2.C17H18N2O3.O3S/c1-9-11-17-31-46-40-21-16-14-19-38(40)44(7,8)42(46)29-27-36(35-24-22-34(23-25-35)32-33(3)4)26-28-41-43(5,6)37-18-13-15-20-39(37)45(41)30-12-10-2;1-9(2)11-5-4-6-12-14(11)17(22)19(16(12)21)13-8-7-10(3)18-15(13)20;1-4(2)3/h13-16,18-29,33H,9-12,17,30-32H2,1-8H3;4-6,9,13H,3,7-8H2,1-2H3,(H,18,20);/q+1;;. The van der Waals surface area contributed by atoms with Crippen molar-refractivity contribution in [3.8, 4) is 0 Å². The van der Waals surface area contributed by atoms with Gasteiger partial charge in [0.2, 0.25) is 11.6 Å². The zero-order chi connectivity index (χ0) is 52.5. The summed E-state index contributed by atoms with van der Waals surface area (Å²) >= 11 is 0. The van der Waals surface area contributed by atoms with Gasteiger partial charge >= 0.3 is 10.6 Å². The van der Waals surface area contributed by atoms with Gasteiger partial charge in [-0.25, -0.2) is 0 Å². The lowest BCUT2D eigenvalue weighted by molar-refractivity contribution is -0.438. The van der Waals surface area contributed by atoms with E-state index in [0.717, 1.165) is 30.0 Å². The van der Waals surface area contributed by atoms with Crippen molar-refractivity contribution in [3.63, 3.8) is 0 Å². The van der Waals surface area contributed by atoms with Crippen molar-refractivity contribution in [2.45, 2.75) is 143 Å². The second kappa shape index (κ2) is 23.8. The molecule has 10 nitrogen and oxygen atoms in total. The minimum absolute atomic E-state index is 0.0588. The molecule has 8 rings (SSSR count). The van der Waals surface area contributed by atoms with Gasteiger partial charge in [0, 0.05) is 53.2 Å². The summed E-state index contributed by atoms with van der Waals surface area (Å²) in [6, 6.07) is 31.9. The number of carbonyl (C=O) groups excluding carboxylic acids is 3. The van der Waals surface area contributed by atoms with E-state index in [1.54, 1.807) is 12.1 Å². The van der Waals surface area contributed by atoms with Crippen LogP contribution in [0.1, 0.15) is 169 Å². The molecule has 3 amide bonds. The van der Waals surface area contributed by atoms with Crippen LogP contribution < -0.4 is 10.2 Å². The molecular weight excluding hydrogens is 917 g/mol. The van der Waals surface area contributed by atoms with E-state index in [2.05, 4.69) is 174 Å². The van der Waals surface area contributed by atoms with Gasteiger partial charge in [0.05, 0.1) is 16.5 Å². The molecule has 380 valence electrons. The third kappa shape index (κ3) is 12.1. The molecule has 0 aliphatic carbocycles. The van der Waals surface area contributed by atoms with Crippen LogP contribution in [0.5, 0.6) is 0 Å². The van der Waals surface area contributed by atoms with Crippen molar-refractivity contribution in [3.05, 3.63) is 172 Å². The van der Waals surface area contributed by atoms with Crippen LogP contribution in [-0.4, -0.2) is 64.7 Å². The largest absolute Gasteiger partial charge is 0.425 e. The van der Waals surface area contributed by atoms with Gasteiger partial charge in [-0.3, -0.25) is 19.3 Å². The van der Waals surface area contributed by atoms with Gasteiger partial charge in [0.15, 0.2) is 5.71 Å². The number of para-hydroxylation sites is 2. The summed E-state index contributed by atoms with van der Waals surface area (Å²) < 4.78 is 27.9. The number of carbonyl (C=O) groups is 3. The Morgan fingerprint density at radius 2 is 1.46 bits per heavy atom. The SMILES string of the molecule is C=C1CCC(N2C(=O)c3cccc(C(C)C)c3C2=O)C(=O)N1.CCCCC[N+]1=C(/C=C/C(=C/C=C2/N(CCCC)c3ccccc3C2(C)C)c2ccc(CC(C)C)cc2)C(C)(C)c2ccccc21.O=S(=O)=O. The fourth-order valence-corrected chi connectivity index (χ4v) is 10.6. The first-order valence-corrected chi connectivity index (χ1v) is 26.8. The molecule has 4 aromatic rings. The number of unbranched alkanes of at least 4 members (excludes halogenated alkanes) is 3. The molecule has 72 heavy (non-hydrogen) atoms. The van der Waals surface area contributed by atoms with Crippen molar-refractivity contribution >= 4 is 51.0 Å². The van der Waals surface area contributed by atoms with E-state index >= 15 is 0 Å². The Bertz CT molecular complexity index is 2920. The van der Waals surface area contributed by atoms with Crippen LogP contribution in [0, 0.1) is 5.92 Å². The Labute approximate surface area is 430 Å². The second-order valence-electron chi connectivity index (χ2n) is 21.1. The van der Waals surface area contributed by atoms with Gasteiger partial charge in [-0.1, -0.05) is 154 Å². The fourth-order valence-electron chi connectivity index (χ4n) is 10.6. The van der Waals surface area contributed by atoms with Crippen LogP contribution in [0.15, 0.2) is 133 Å². The fraction of sp³-hybridized carbons (Fsp3) is 0.410. The van der Waals surface area contributed by atoms with Crippen LogP contribution in [0.2, 0.25) is 0 Å². The second-order valence-corrected chi connectivity index (χ2v) is 21.5. The maximum Gasteiger partial charge on any atom is 0.425 e. The van der Waals surface area contributed by atoms with Crippen LogP contribution in [0.3, 0.4) is 0 Å². The van der Waals surface area contributed by atoms with E-state index in [-0.39, 0.29) is 34.5 Å². The zero-order valence-electron chi connectivity index (χ0n) is 44.2. The molecule has 0 spiro atoms. The Morgan fingerprint density at radius 3 is 2.10 bits per heavy atom. The summed E-state index contributed by atoms with van der Waals surface area (Å²) in [5.74, 6) is -0.303. The molecule has 0 saturated carbocycles. The predicted molar refractivity (Wildman–Crippen MR) is 292 cm³/mol. The van der Waals surface area contributed by atoms with E-state index in [4.69, 9.17) is 12.6 Å². The topological polar surface area (TPSA) is 124 Å². The number of hydrogen-bond donors (Lipinski definition) is 1. The van der Waals surface area contributed by atoms with Gasteiger partial charge < -0.3 is 10.2 Å². The number of piperidine rings is 1. The van der Waals surface area contributed by atoms with Crippen LogP contribution in [0.25, 0.3) is 5.57 Å². The first kappa shape index (κ1) is 54.9. The average molecular weight is 992 g/mol. The molecule has 11 heteroatoms. The van der Waals surface area contributed by atoms with E-state index in [1.807, 2.05) is 19.9 Å². The number of amides is 3. The molecule has 4 aromatic carbocycles. The number of rotatable bonds is 15. The maximum atomic E-state index is 12.8. The first-order valence-electron chi connectivity index (χ1n) is 25.8. The first-order chi connectivity index (χ1) is 34.2. The monoisotopic (exact) mass is 992 g/mol. The highest BCUT2D eigenvalue weighted by atomic mass is 32.2. The molecule has 4 aliphatic rings. The van der Waals surface area contributed by atoms with Crippen LogP contribution in [0.4, 0.5) is 11.4 Å². The number of nitrogens with one attached hydrogen (secondary N) is 1. The van der Waals surface area contributed by atoms with Gasteiger partial charge in [-0.15, -0.1) is 12.6 Å². The third-order valence-electron chi connectivity index (χ3n) is 14.3. The van der Waals surface area contributed by atoms with E-state index in [1.165, 1.54) is 82.7 Å². The molecule has 1 fully saturated rings. The van der Waals surface area contributed by atoms with Crippen LogP contribution in [-0.2, 0) is 32.7 Å². The minimum Gasteiger partial charge on any atom is -0.344 e. The molecule has 1 saturated heterocycles. The Kier molecular flexibility index (Phi) is 18.2. The Balaban J connectivity index is 0.000000269. The zero-order valence-corrected chi connectivity index (χ0v) is 45.0. The summed E-state index contributed by atoms with van der Waals surface area (Å²) in [7, 11) is -3.11. The number of imide groups is 1. The van der Waals surface area contributed by atoms with Crippen molar-refractivity contribution in [2.24, 2.45) is 5.92 Å². The average Bonchev–Trinajstić information content (AvgIpc) is 3.81. The molecule has 0 aromatic heterocycles. The highest BCUT2D eigenvalue weighted by Gasteiger charge is 2.46. The summed E-state index contributed by atoms with van der Waals surface area (Å²) in [5.41, 5.74) is 14.5. The molecule has 0 radical (unpaired) electrons. The van der Waals surface area contributed by atoms with Gasteiger partial charge in [-0.2, -0.15) is 4.58 Å². The van der Waals surface area contributed by atoms with Gasteiger partial charge in [0.1, 0.15) is 12.6 Å². The lowest BCUT2D eigenvalue weighted by Crippen LogP contribution is -2.51. The molecule has 4 heterocycles. The quantitative estimate of drug-likeness (QED) is 0.0544. The van der Waals surface area contributed by atoms with Gasteiger partial charge in [-0.05, 0) is 110 Å². The normalized spacial score (nSPS) is 18.3. The third-order valence-corrected chi connectivity index (χ3v) is 14.3. The highest BCUT2D eigenvalue weighted by Crippen LogP contribution is 2.48. The van der Waals surface area contributed by atoms with E-state index in [9.17, 15) is 14.4 Å². The summed E-state index contributed by atoms with van der Waals surface area (Å²) in [4.78, 5) is 41.2. The maximum absolute atomic E-state index is 12.8. The summed E-state index contributed by atoms with van der Waals surface area (Å²) in [6.07, 6.45) is 17.7. The minimum atomic E-state index is -3.11. The van der Waals surface area contributed by atoms with Crippen molar-refractivity contribution < 1.29 is 31.6 Å². The number of nitrogens with zero attached hydrogens (tertiary/aromatic N) is 3. The summed E-state index contributed by atoms with van der Waals surface area (Å²) in [6.45, 7) is 28.5. The molecule has 0 bridgehead atoms. The van der Waals surface area contributed by atoms with E-state index in [0.29, 0.717) is 35.6 Å². The Hall–Kier alpha value is -6.46. The van der Waals surface area contributed by atoms with Crippen molar-refractivity contribution in [1.82, 2.24) is 10.2 Å². The molecular formula is C61H75N4O6S+. The molecule has 1 N–H and O–H groups in total. The van der Waals surface area contributed by atoms with E-state index < -0.39 is 16.7 Å². The lowest BCUT2D eigenvalue weighted by atomic mass is 9.81. The van der Waals surface area contributed by atoms with Gasteiger partial charge in [0.25, 0.3) is 11.8 Å². The van der Waals surface area contributed by atoms with Crippen molar-refractivity contribution in [2.75, 3.05) is 18.0 Å². The lowest BCUT2D eigenvalue weighted by Gasteiger charge is -2.29. The van der Waals surface area contributed by atoms with Crippen molar-refractivity contribution in [1.29, 1.82) is 0 Å². The van der Waals surface area contributed by atoms with Crippen LogP contribution >= 0.6 is 0 Å². The molecule has 1 unspecified atom stereocenters. The molecule has 1 atom stereocenters. The predicted octanol–water partition coefficient (Wildman–Crippen LogP) is 12.8. The Morgan fingerprint density at radius 1 is 0.806 bits per heavy atom. The number of fused-ring (bicyclic) bond motifs is 3. The smallest absolute Gasteiger partial charge is 0.344 e. The molecule has 4 aliphatic heterocycles. The number of hydrogen-bond acceptors (Lipinski definition) is 7. The highest BCUT2D eigenvalue weighted by molar-refractivity contribution is 7.59. The summed E-state index contributed by atoms with van der Waals surface area (Å²) in [5, 5.41) is 2.63. The number of allylic oxidation sites excluding steroid dienone is 7. The number of benzene rings is 4.